The fraction of sp³-hybridized carbons (Fsp3) is 0.400. The molecule has 1 fully saturated rings. The van der Waals surface area contributed by atoms with Crippen molar-refractivity contribution in [2.45, 2.75) is 50.9 Å². The third-order valence-electron chi connectivity index (χ3n) is 4.45. The van der Waals surface area contributed by atoms with Crippen LogP contribution in [0.2, 0.25) is 0 Å². The number of para-hydroxylation sites is 1. The van der Waals surface area contributed by atoms with Gasteiger partial charge < -0.3 is 15.2 Å². The van der Waals surface area contributed by atoms with Gasteiger partial charge in [-0.3, -0.25) is 4.79 Å². The van der Waals surface area contributed by atoms with Crippen molar-refractivity contribution in [2.24, 2.45) is 0 Å². The lowest BCUT2D eigenvalue weighted by molar-refractivity contribution is -0.118. The Bertz CT molecular complexity index is 745. The standard InChI is InChI=1S/C20H24N2O3S/c1-14-21-15(13-26-14)11-12-19(23)22-17-9-5-6-10-18(20(17)24)25-16-7-3-2-4-8-16/h2-4,7-8,11-13,17-18,20,24H,5-6,9-10H2,1H3,(H,22,23)/b12-11+/t17-,18-,20-/m1/s1. The number of nitrogens with one attached hydrogen (secondary N) is 1. The highest BCUT2D eigenvalue weighted by Crippen LogP contribution is 2.23. The first-order chi connectivity index (χ1) is 12.6. The molecule has 0 bridgehead atoms. The summed E-state index contributed by atoms with van der Waals surface area (Å²) in [6, 6.07) is 9.18. The van der Waals surface area contributed by atoms with E-state index in [0.29, 0.717) is 0 Å². The second kappa shape index (κ2) is 8.96. The first kappa shape index (κ1) is 18.6. The first-order valence-electron chi connectivity index (χ1n) is 8.92. The van der Waals surface area contributed by atoms with Gasteiger partial charge in [-0.1, -0.05) is 24.6 Å². The fourth-order valence-electron chi connectivity index (χ4n) is 3.12. The summed E-state index contributed by atoms with van der Waals surface area (Å²) in [4.78, 5) is 16.5. The van der Waals surface area contributed by atoms with Crippen LogP contribution in [0.5, 0.6) is 5.75 Å². The molecule has 1 aliphatic carbocycles. The maximum absolute atomic E-state index is 12.2. The zero-order chi connectivity index (χ0) is 18.4. The van der Waals surface area contributed by atoms with Crippen LogP contribution < -0.4 is 10.1 Å². The van der Waals surface area contributed by atoms with Crippen LogP contribution >= 0.6 is 11.3 Å². The molecule has 2 N–H and O–H groups in total. The van der Waals surface area contributed by atoms with E-state index in [4.69, 9.17) is 4.74 Å². The third-order valence-corrected chi connectivity index (χ3v) is 5.24. The fourth-order valence-corrected chi connectivity index (χ4v) is 3.70. The van der Waals surface area contributed by atoms with Gasteiger partial charge in [-0.15, -0.1) is 11.3 Å². The number of rotatable bonds is 5. The van der Waals surface area contributed by atoms with E-state index in [0.717, 1.165) is 42.1 Å². The van der Waals surface area contributed by atoms with E-state index in [1.807, 2.05) is 42.6 Å². The Kier molecular flexibility index (Phi) is 6.41. The topological polar surface area (TPSA) is 71.5 Å². The molecule has 26 heavy (non-hydrogen) atoms. The molecule has 1 amide bonds. The Balaban J connectivity index is 1.60. The number of aryl methyl sites for hydroxylation is 1. The van der Waals surface area contributed by atoms with Gasteiger partial charge in [0.1, 0.15) is 18.0 Å². The van der Waals surface area contributed by atoms with Crippen LogP contribution in [0.15, 0.2) is 41.8 Å². The van der Waals surface area contributed by atoms with Crippen molar-refractivity contribution in [1.82, 2.24) is 10.3 Å². The number of hydrogen-bond acceptors (Lipinski definition) is 5. The highest BCUT2D eigenvalue weighted by Gasteiger charge is 2.32. The molecule has 3 rings (SSSR count). The number of ether oxygens (including phenoxy) is 1. The van der Waals surface area contributed by atoms with Crippen LogP contribution in [0.3, 0.4) is 0 Å². The van der Waals surface area contributed by atoms with Crippen molar-refractivity contribution in [3.05, 3.63) is 52.5 Å². The van der Waals surface area contributed by atoms with E-state index in [2.05, 4.69) is 10.3 Å². The summed E-state index contributed by atoms with van der Waals surface area (Å²) in [7, 11) is 0. The number of aliphatic hydroxyl groups is 1. The van der Waals surface area contributed by atoms with Gasteiger partial charge in [0.25, 0.3) is 0 Å². The highest BCUT2D eigenvalue weighted by molar-refractivity contribution is 7.09. The van der Waals surface area contributed by atoms with E-state index >= 15 is 0 Å². The van der Waals surface area contributed by atoms with Crippen LogP contribution in [-0.2, 0) is 4.79 Å². The second-order valence-corrected chi connectivity index (χ2v) is 7.55. The number of aliphatic hydroxyl groups excluding tert-OH is 1. The molecule has 0 radical (unpaired) electrons. The maximum atomic E-state index is 12.2. The van der Waals surface area contributed by atoms with E-state index < -0.39 is 6.10 Å². The second-order valence-electron chi connectivity index (χ2n) is 6.48. The predicted molar refractivity (Wildman–Crippen MR) is 103 cm³/mol. The molecule has 0 saturated heterocycles. The molecule has 0 spiro atoms. The van der Waals surface area contributed by atoms with E-state index in [1.54, 1.807) is 17.4 Å². The van der Waals surface area contributed by atoms with Crippen molar-refractivity contribution < 1.29 is 14.6 Å². The molecule has 1 saturated carbocycles. The average Bonchev–Trinajstić information content (AvgIpc) is 2.99. The van der Waals surface area contributed by atoms with Gasteiger partial charge in [0, 0.05) is 11.5 Å². The third kappa shape index (κ3) is 5.16. The summed E-state index contributed by atoms with van der Waals surface area (Å²) in [6.45, 7) is 1.93. The van der Waals surface area contributed by atoms with E-state index in [9.17, 15) is 9.90 Å². The zero-order valence-electron chi connectivity index (χ0n) is 14.8. The number of carbonyl (C=O) groups is 1. The highest BCUT2D eigenvalue weighted by atomic mass is 32.1. The number of benzene rings is 1. The molecule has 1 aromatic heterocycles. The Hall–Kier alpha value is -2.18. The summed E-state index contributed by atoms with van der Waals surface area (Å²) in [5.41, 5.74) is 0.773. The number of nitrogens with zero attached hydrogens (tertiary/aromatic N) is 1. The number of hydrogen-bond donors (Lipinski definition) is 2. The molecular weight excluding hydrogens is 348 g/mol. The lowest BCUT2D eigenvalue weighted by Gasteiger charge is -2.28. The van der Waals surface area contributed by atoms with Crippen molar-refractivity contribution in [3.63, 3.8) is 0 Å². The van der Waals surface area contributed by atoms with Crippen molar-refractivity contribution in [3.8, 4) is 5.75 Å². The van der Waals surface area contributed by atoms with Gasteiger partial charge in [-0.05, 0) is 44.4 Å². The van der Waals surface area contributed by atoms with Crippen molar-refractivity contribution >= 4 is 23.3 Å². The van der Waals surface area contributed by atoms with Crippen molar-refractivity contribution in [2.75, 3.05) is 0 Å². The molecule has 0 unspecified atom stereocenters. The minimum atomic E-state index is -0.739. The van der Waals surface area contributed by atoms with Crippen LogP contribution in [0.4, 0.5) is 0 Å². The molecule has 0 aliphatic heterocycles. The van der Waals surface area contributed by atoms with Crippen LogP contribution in [0.25, 0.3) is 6.08 Å². The van der Waals surface area contributed by atoms with E-state index in [1.165, 1.54) is 6.08 Å². The van der Waals surface area contributed by atoms with Gasteiger partial charge in [0.2, 0.25) is 5.91 Å². The van der Waals surface area contributed by atoms with Gasteiger partial charge >= 0.3 is 0 Å². The molecule has 6 heteroatoms. The Morgan fingerprint density at radius 1 is 1.31 bits per heavy atom. The molecular formula is C20H24N2O3S. The van der Waals surface area contributed by atoms with E-state index in [-0.39, 0.29) is 18.1 Å². The first-order valence-corrected chi connectivity index (χ1v) is 9.80. The number of carbonyl (C=O) groups excluding carboxylic acids is 1. The van der Waals surface area contributed by atoms with Crippen LogP contribution in [-0.4, -0.2) is 34.2 Å². The smallest absolute Gasteiger partial charge is 0.244 e. The number of thiazole rings is 1. The molecule has 2 aromatic rings. The number of amides is 1. The quantitative estimate of drug-likeness (QED) is 0.624. The lowest BCUT2D eigenvalue weighted by atomic mass is 10.0. The molecule has 3 atom stereocenters. The maximum Gasteiger partial charge on any atom is 0.244 e. The molecule has 5 nitrogen and oxygen atoms in total. The van der Waals surface area contributed by atoms with Crippen LogP contribution in [0, 0.1) is 6.92 Å². The molecule has 138 valence electrons. The monoisotopic (exact) mass is 372 g/mol. The average molecular weight is 372 g/mol. The largest absolute Gasteiger partial charge is 0.488 e. The lowest BCUT2D eigenvalue weighted by Crippen LogP contribution is -2.48. The Morgan fingerprint density at radius 2 is 2.08 bits per heavy atom. The molecule has 1 aliphatic rings. The minimum absolute atomic E-state index is 0.222. The Morgan fingerprint density at radius 3 is 2.81 bits per heavy atom. The minimum Gasteiger partial charge on any atom is -0.488 e. The summed E-state index contributed by atoms with van der Waals surface area (Å²) in [6.07, 6.45) is 5.54. The molecule has 1 heterocycles. The molecule has 1 aromatic carbocycles. The summed E-state index contributed by atoms with van der Waals surface area (Å²) >= 11 is 1.55. The van der Waals surface area contributed by atoms with Crippen LogP contribution in [0.1, 0.15) is 36.4 Å². The number of aromatic nitrogens is 1. The SMILES string of the molecule is Cc1nc(/C=C/C(=O)N[C@@H]2CCCC[C@@H](Oc3ccccc3)[C@@H]2O)cs1. The van der Waals surface area contributed by atoms with Gasteiger partial charge in [0.05, 0.1) is 16.7 Å². The Labute approximate surface area is 157 Å². The van der Waals surface area contributed by atoms with Gasteiger partial charge in [0.15, 0.2) is 0 Å². The zero-order valence-corrected chi connectivity index (χ0v) is 15.6. The predicted octanol–water partition coefficient (Wildman–Crippen LogP) is 3.33. The summed E-state index contributed by atoms with van der Waals surface area (Å²) < 4.78 is 5.96. The summed E-state index contributed by atoms with van der Waals surface area (Å²) in [5.74, 6) is 0.516. The van der Waals surface area contributed by atoms with Gasteiger partial charge in [-0.2, -0.15) is 0 Å². The van der Waals surface area contributed by atoms with Gasteiger partial charge in [-0.25, -0.2) is 4.98 Å². The summed E-state index contributed by atoms with van der Waals surface area (Å²) in [5, 5.41) is 16.5. The normalized spacial score (nSPS) is 23.5. The van der Waals surface area contributed by atoms with Crippen molar-refractivity contribution in [1.29, 1.82) is 0 Å².